The number of benzene rings is 2. The van der Waals surface area contributed by atoms with Gasteiger partial charge in [0.15, 0.2) is 5.69 Å². The first-order valence-corrected chi connectivity index (χ1v) is 11.6. The van der Waals surface area contributed by atoms with Crippen LogP contribution >= 0.6 is 11.8 Å². The van der Waals surface area contributed by atoms with Crippen molar-refractivity contribution < 1.29 is 14.3 Å². The Kier molecular flexibility index (Phi) is 6.32. The summed E-state index contributed by atoms with van der Waals surface area (Å²) >= 11 is 1.49. The van der Waals surface area contributed by atoms with Gasteiger partial charge in [0.2, 0.25) is 23.2 Å². The van der Waals surface area contributed by atoms with Crippen molar-refractivity contribution in [3.8, 4) is 22.9 Å². The fourth-order valence-corrected chi connectivity index (χ4v) is 4.41. The maximum absolute atomic E-state index is 13.0. The lowest BCUT2D eigenvalue weighted by molar-refractivity contribution is -0.118. The second kappa shape index (κ2) is 9.16. The molecule has 4 rings (SSSR count). The maximum Gasteiger partial charge on any atom is 0.247 e. The summed E-state index contributed by atoms with van der Waals surface area (Å²) in [5.41, 5.74) is 4.90. The van der Waals surface area contributed by atoms with Gasteiger partial charge in [-0.3, -0.25) is 9.69 Å². The van der Waals surface area contributed by atoms with Crippen LogP contribution in [0.4, 0.5) is 5.69 Å². The molecule has 0 fully saturated rings. The van der Waals surface area contributed by atoms with Crippen molar-refractivity contribution in [2.75, 3.05) is 17.3 Å². The summed E-state index contributed by atoms with van der Waals surface area (Å²) in [5, 5.41) is 9.29. The molecule has 3 aromatic rings. The van der Waals surface area contributed by atoms with E-state index in [9.17, 15) is 4.79 Å². The second-order valence-corrected chi connectivity index (χ2v) is 8.75. The van der Waals surface area contributed by atoms with Gasteiger partial charge >= 0.3 is 0 Å². The van der Waals surface area contributed by atoms with Crippen LogP contribution in [-0.2, 0) is 4.79 Å². The van der Waals surface area contributed by atoms with E-state index in [-0.39, 0.29) is 5.91 Å². The Morgan fingerprint density at radius 1 is 1.16 bits per heavy atom. The smallest absolute Gasteiger partial charge is 0.247 e. The van der Waals surface area contributed by atoms with Crippen molar-refractivity contribution in [2.45, 2.75) is 46.0 Å². The number of rotatable bonds is 5. The predicted molar refractivity (Wildman–Crippen MR) is 125 cm³/mol. The zero-order valence-corrected chi connectivity index (χ0v) is 19.7. The van der Waals surface area contributed by atoms with Crippen LogP contribution in [-0.4, -0.2) is 33.4 Å². The van der Waals surface area contributed by atoms with Gasteiger partial charge in [-0.25, -0.2) is 0 Å². The van der Waals surface area contributed by atoms with Crippen LogP contribution in [0.5, 0.6) is 11.6 Å². The number of fused-ring (bicyclic) bond motifs is 3. The highest BCUT2D eigenvalue weighted by molar-refractivity contribution is 7.99. The molecule has 8 heteroatoms. The van der Waals surface area contributed by atoms with Crippen LogP contribution in [0.1, 0.15) is 43.7 Å². The van der Waals surface area contributed by atoms with E-state index in [1.54, 1.807) is 11.8 Å². The molecule has 1 unspecified atom stereocenters. The van der Waals surface area contributed by atoms with E-state index >= 15 is 0 Å². The molecule has 0 N–H and O–H groups in total. The molecule has 2 aromatic carbocycles. The van der Waals surface area contributed by atoms with Crippen molar-refractivity contribution in [3.63, 3.8) is 0 Å². The molecule has 0 bridgehead atoms. The van der Waals surface area contributed by atoms with Crippen LogP contribution in [0.15, 0.2) is 41.6 Å². The number of anilines is 1. The van der Waals surface area contributed by atoms with Gasteiger partial charge in [-0.05, 0) is 62.4 Å². The van der Waals surface area contributed by atoms with Crippen LogP contribution in [0, 0.1) is 13.8 Å². The number of ether oxygens (including phenoxy) is 2. The average molecular weight is 451 g/mol. The van der Waals surface area contributed by atoms with Gasteiger partial charge < -0.3 is 9.47 Å². The average Bonchev–Trinajstić information content (AvgIpc) is 2.89. The Morgan fingerprint density at radius 2 is 1.91 bits per heavy atom. The minimum Gasteiger partial charge on any atom is -0.494 e. The third-order valence-corrected chi connectivity index (χ3v) is 5.84. The molecular weight excluding hydrogens is 424 g/mol. The first-order chi connectivity index (χ1) is 15.4. The maximum atomic E-state index is 13.0. The molecule has 0 radical (unpaired) electrons. The highest BCUT2D eigenvalue weighted by atomic mass is 32.2. The summed E-state index contributed by atoms with van der Waals surface area (Å²) in [5.74, 6) is 1.81. The second-order valence-electron chi connectivity index (χ2n) is 7.52. The van der Waals surface area contributed by atoms with Crippen molar-refractivity contribution in [2.24, 2.45) is 0 Å². The number of aryl methyl sites for hydroxylation is 2. The van der Waals surface area contributed by atoms with Crippen LogP contribution in [0.3, 0.4) is 0 Å². The van der Waals surface area contributed by atoms with E-state index in [2.05, 4.69) is 21.2 Å². The lowest BCUT2D eigenvalue weighted by atomic mass is 10.00. The molecule has 0 saturated heterocycles. The fraction of sp³-hybridized carbons (Fsp3) is 0.333. The third kappa shape index (κ3) is 4.14. The number of hydrogen-bond donors (Lipinski definition) is 0. The Morgan fingerprint density at radius 3 is 2.56 bits per heavy atom. The van der Waals surface area contributed by atoms with E-state index in [4.69, 9.17) is 9.47 Å². The number of aromatic nitrogens is 3. The van der Waals surface area contributed by atoms with Crippen molar-refractivity contribution in [1.82, 2.24) is 15.2 Å². The molecule has 0 saturated carbocycles. The van der Waals surface area contributed by atoms with Gasteiger partial charge in [-0.2, -0.15) is 4.98 Å². The van der Waals surface area contributed by atoms with Crippen molar-refractivity contribution in [3.05, 3.63) is 53.1 Å². The summed E-state index contributed by atoms with van der Waals surface area (Å²) in [7, 11) is 0. The molecule has 2 heterocycles. The van der Waals surface area contributed by atoms with Gasteiger partial charge in [-0.1, -0.05) is 30.3 Å². The molecule has 1 aromatic heterocycles. The number of carbonyl (C=O) groups excluding carboxylic acids is 1. The van der Waals surface area contributed by atoms with Crippen LogP contribution in [0.25, 0.3) is 11.3 Å². The van der Waals surface area contributed by atoms with Gasteiger partial charge in [0, 0.05) is 18.1 Å². The number of carbonyl (C=O) groups is 1. The summed E-state index contributed by atoms with van der Waals surface area (Å²) in [6.07, 6.45) is -0.708. The molecule has 0 spiro atoms. The summed E-state index contributed by atoms with van der Waals surface area (Å²) in [6.45, 7) is 10.1. The lowest BCUT2D eigenvalue weighted by Crippen LogP contribution is -2.36. The Balaban J connectivity index is 1.94. The van der Waals surface area contributed by atoms with Gasteiger partial charge in [-0.15, -0.1) is 10.2 Å². The SMILES string of the molecule is CCOc1ccc(C2Oc3nc(SCC)nnc3-c3cc(C)cc(C)c3N2C(C)=O)cc1. The Labute approximate surface area is 192 Å². The monoisotopic (exact) mass is 450 g/mol. The number of nitrogens with zero attached hydrogens (tertiary/aromatic N) is 4. The van der Waals surface area contributed by atoms with Gasteiger partial charge in [0.1, 0.15) is 5.75 Å². The fourth-order valence-electron chi connectivity index (χ4n) is 3.91. The van der Waals surface area contributed by atoms with Gasteiger partial charge in [0.25, 0.3) is 0 Å². The van der Waals surface area contributed by atoms with Crippen molar-refractivity contribution >= 4 is 23.4 Å². The van der Waals surface area contributed by atoms with E-state index in [0.29, 0.717) is 23.3 Å². The Hall–Kier alpha value is -3.13. The number of amides is 1. The minimum absolute atomic E-state index is 0.138. The number of hydrogen-bond acceptors (Lipinski definition) is 7. The molecule has 7 nitrogen and oxygen atoms in total. The normalized spacial score (nSPS) is 14.8. The summed E-state index contributed by atoms with van der Waals surface area (Å²) < 4.78 is 12.0. The first-order valence-electron chi connectivity index (χ1n) is 10.6. The Bertz CT molecular complexity index is 1150. The van der Waals surface area contributed by atoms with Crippen LogP contribution in [0.2, 0.25) is 0 Å². The molecule has 1 aliphatic rings. The molecule has 166 valence electrons. The zero-order valence-electron chi connectivity index (χ0n) is 18.9. The number of thioether (sulfide) groups is 1. The van der Waals surface area contributed by atoms with E-state index in [1.165, 1.54) is 11.8 Å². The molecule has 1 atom stereocenters. The molecule has 32 heavy (non-hydrogen) atoms. The highest BCUT2D eigenvalue weighted by Crippen LogP contribution is 2.45. The minimum atomic E-state index is -0.708. The molecule has 1 amide bonds. The zero-order chi connectivity index (χ0) is 22.8. The van der Waals surface area contributed by atoms with Crippen molar-refractivity contribution in [1.29, 1.82) is 0 Å². The van der Waals surface area contributed by atoms with E-state index < -0.39 is 6.23 Å². The predicted octanol–water partition coefficient (Wildman–Crippen LogP) is 5.11. The standard InChI is InChI=1S/C24H26N4O3S/c1-6-30-18-10-8-17(9-11-18)23-28(16(5)29)21-15(4)12-14(3)13-19(21)20-22(31-23)25-24(27-26-20)32-7-2/h8-13,23H,6-7H2,1-5H3. The summed E-state index contributed by atoms with van der Waals surface area (Å²) in [6, 6.07) is 11.6. The van der Waals surface area contributed by atoms with Crippen LogP contribution < -0.4 is 14.4 Å². The van der Waals surface area contributed by atoms with E-state index in [1.807, 2.05) is 58.0 Å². The van der Waals surface area contributed by atoms with E-state index in [0.717, 1.165) is 39.4 Å². The molecular formula is C24H26N4O3S. The third-order valence-electron chi connectivity index (χ3n) is 5.12. The highest BCUT2D eigenvalue weighted by Gasteiger charge is 2.35. The van der Waals surface area contributed by atoms with Gasteiger partial charge in [0.05, 0.1) is 12.3 Å². The summed E-state index contributed by atoms with van der Waals surface area (Å²) in [4.78, 5) is 19.3. The lowest BCUT2D eigenvalue weighted by Gasteiger charge is -2.31. The molecule has 1 aliphatic heterocycles. The first kappa shape index (κ1) is 22.1. The topological polar surface area (TPSA) is 77.4 Å². The molecule has 0 aliphatic carbocycles. The largest absolute Gasteiger partial charge is 0.494 e. The quantitative estimate of drug-likeness (QED) is 0.500.